The first-order valence-electron chi connectivity index (χ1n) is 9.22. The second kappa shape index (κ2) is 8.44. The quantitative estimate of drug-likeness (QED) is 0.544. The molecule has 1 N–H and O–H groups in total. The molecule has 1 heterocycles. The summed E-state index contributed by atoms with van der Waals surface area (Å²) in [6.07, 6.45) is -0.0149. The summed E-state index contributed by atoms with van der Waals surface area (Å²) in [5.41, 5.74) is 1.15. The van der Waals surface area contributed by atoms with Crippen molar-refractivity contribution in [2.24, 2.45) is 5.41 Å². The van der Waals surface area contributed by atoms with E-state index in [1.54, 1.807) is 41.9 Å². The fourth-order valence-electron chi connectivity index (χ4n) is 3.05. The predicted octanol–water partition coefficient (Wildman–Crippen LogP) is 5.34. The molecule has 0 unspecified atom stereocenters. The van der Waals surface area contributed by atoms with E-state index in [9.17, 15) is 18.7 Å². The molecule has 0 spiro atoms. The fourth-order valence-corrected chi connectivity index (χ4v) is 3.17. The van der Waals surface area contributed by atoms with Gasteiger partial charge in [0.05, 0.1) is 22.5 Å². The van der Waals surface area contributed by atoms with Crippen LogP contribution >= 0.6 is 11.6 Å². The van der Waals surface area contributed by atoms with Crippen LogP contribution in [0.2, 0.25) is 5.02 Å². The Bertz CT molecular complexity index is 1060. The minimum atomic E-state index is -1.15. The molecule has 8 heteroatoms. The highest BCUT2D eigenvalue weighted by molar-refractivity contribution is 6.30. The van der Waals surface area contributed by atoms with Gasteiger partial charge < -0.3 is 9.84 Å². The SMILES string of the molecule is Cc1cc(COc2c(F)cc(CC(C)(C)C(=O)O)cc2F)n(-c2ccc(Cl)cc2)n1. The molecule has 30 heavy (non-hydrogen) atoms. The van der Waals surface area contributed by atoms with Gasteiger partial charge in [-0.3, -0.25) is 4.79 Å². The molecule has 1 aromatic heterocycles. The molecule has 0 saturated carbocycles. The molecule has 0 fully saturated rings. The van der Waals surface area contributed by atoms with Crippen molar-refractivity contribution in [3.05, 3.63) is 76.1 Å². The number of carbonyl (C=O) groups is 1. The summed E-state index contributed by atoms with van der Waals surface area (Å²) >= 11 is 5.92. The highest BCUT2D eigenvalue weighted by Crippen LogP contribution is 2.29. The lowest BCUT2D eigenvalue weighted by Gasteiger charge is -2.19. The number of nitrogens with zero attached hydrogens (tertiary/aromatic N) is 2. The number of benzene rings is 2. The first-order chi connectivity index (χ1) is 14.1. The maximum atomic E-state index is 14.5. The highest BCUT2D eigenvalue weighted by atomic mass is 35.5. The van der Waals surface area contributed by atoms with Crippen molar-refractivity contribution in [2.45, 2.75) is 33.8 Å². The van der Waals surface area contributed by atoms with Crippen LogP contribution in [-0.2, 0) is 17.8 Å². The minimum Gasteiger partial charge on any atom is -0.481 e. The lowest BCUT2D eigenvalue weighted by Crippen LogP contribution is -2.26. The summed E-state index contributed by atoms with van der Waals surface area (Å²) in [6, 6.07) is 10.9. The summed E-state index contributed by atoms with van der Waals surface area (Å²) in [4.78, 5) is 11.3. The van der Waals surface area contributed by atoms with E-state index in [1.807, 2.05) is 0 Å². The fraction of sp³-hybridized carbons (Fsp3) is 0.273. The van der Waals surface area contributed by atoms with E-state index in [0.717, 1.165) is 23.5 Å². The standard InChI is InChI=1S/C22H21ClF2N2O3/c1-13-8-17(27(26-13)16-6-4-15(23)5-7-16)12-30-20-18(24)9-14(10-19(20)25)11-22(2,3)21(28)29/h4-10H,11-12H2,1-3H3,(H,28,29). The Morgan fingerprint density at radius 2 is 1.77 bits per heavy atom. The molecule has 5 nitrogen and oxygen atoms in total. The van der Waals surface area contributed by atoms with Gasteiger partial charge in [-0.15, -0.1) is 0 Å². The number of halogens is 3. The van der Waals surface area contributed by atoms with Crippen molar-refractivity contribution in [3.63, 3.8) is 0 Å². The number of aliphatic carboxylic acids is 1. The first kappa shape index (κ1) is 21.8. The van der Waals surface area contributed by atoms with E-state index in [2.05, 4.69) is 5.10 Å². The molecule has 2 aromatic carbocycles. The van der Waals surface area contributed by atoms with Gasteiger partial charge in [-0.1, -0.05) is 11.6 Å². The van der Waals surface area contributed by atoms with Gasteiger partial charge in [0, 0.05) is 5.02 Å². The van der Waals surface area contributed by atoms with Crippen LogP contribution in [0.5, 0.6) is 5.75 Å². The number of ether oxygens (including phenoxy) is 1. The molecule has 0 aliphatic carbocycles. The van der Waals surface area contributed by atoms with E-state index in [4.69, 9.17) is 16.3 Å². The van der Waals surface area contributed by atoms with Gasteiger partial charge in [0.2, 0.25) is 0 Å². The van der Waals surface area contributed by atoms with Crippen LogP contribution in [0, 0.1) is 24.0 Å². The van der Waals surface area contributed by atoms with E-state index in [-0.39, 0.29) is 18.6 Å². The monoisotopic (exact) mass is 434 g/mol. The van der Waals surface area contributed by atoms with Crippen LogP contribution in [0.4, 0.5) is 8.78 Å². The largest absolute Gasteiger partial charge is 0.481 e. The number of carboxylic acid groups (broad SMARTS) is 1. The second-order valence-corrected chi connectivity index (χ2v) is 8.14. The van der Waals surface area contributed by atoms with Crippen molar-refractivity contribution in [1.82, 2.24) is 9.78 Å². The third kappa shape index (κ3) is 4.79. The average molecular weight is 435 g/mol. The van der Waals surface area contributed by atoms with Crippen LogP contribution < -0.4 is 4.74 Å². The van der Waals surface area contributed by atoms with Crippen LogP contribution in [0.15, 0.2) is 42.5 Å². The van der Waals surface area contributed by atoms with E-state index >= 15 is 0 Å². The first-order valence-corrected chi connectivity index (χ1v) is 9.60. The number of hydrogen-bond acceptors (Lipinski definition) is 3. The molecular formula is C22H21ClF2N2O3. The van der Waals surface area contributed by atoms with Crippen molar-refractivity contribution in [3.8, 4) is 11.4 Å². The number of hydrogen-bond donors (Lipinski definition) is 1. The third-order valence-electron chi connectivity index (χ3n) is 4.62. The van der Waals surface area contributed by atoms with E-state index in [1.165, 1.54) is 13.8 Å². The highest BCUT2D eigenvalue weighted by Gasteiger charge is 2.28. The van der Waals surface area contributed by atoms with E-state index < -0.39 is 28.8 Å². The van der Waals surface area contributed by atoms with Crippen LogP contribution in [0.3, 0.4) is 0 Å². The lowest BCUT2D eigenvalue weighted by atomic mass is 9.86. The summed E-state index contributed by atoms with van der Waals surface area (Å²) in [7, 11) is 0. The molecular weight excluding hydrogens is 414 g/mol. The van der Waals surface area contributed by atoms with Gasteiger partial charge in [-0.2, -0.15) is 5.10 Å². The summed E-state index contributed by atoms with van der Waals surface area (Å²) < 4.78 is 36.1. The van der Waals surface area contributed by atoms with Gasteiger partial charge in [0.25, 0.3) is 0 Å². The zero-order chi connectivity index (χ0) is 22.1. The average Bonchev–Trinajstić information content (AvgIpc) is 3.01. The molecule has 0 amide bonds. The third-order valence-corrected chi connectivity index (χ3v) is 4.88. The maximum absolute atomic E-state index is 14.5. The van der Waals surface area contributed by atoms with Gasteiger partial charge in [-0.05, 0) is 75.2 Å². The molecule has 158 valence electrons. The molecule has 0 bridgehead atoms. The number of aromatic nitrogens is 2. The van der Waals surface area contributed by atoms with Crippen molar-refractivity contribution < 1.29 is 23.4 Å². The summed E-state index contributed by atoms with van der Waals surface area (Å²) in [5, 5.41) is 14.2. The molecule has 3 rings (SSSR count). The van der Waals surface area contributed by atoms with Gasteiger partial charge in [-0.25, -0.2) is 13.5 Å². The topological polar surface area (TPSA) is 64.3 Å². The summed E-state index contributed by atoms with van der Waals surface area (Å²) in [6.45, 7) is 4.68. The van der Waals surface area contributed by atoms with Crippen LogP contribution in [-0.4, -0.2) is 20.9 Å². The molecule has 0 saturated heterocycles. The maximum Gasteiger partial charge on any atom is 0.309 e. The molecule has 0 atom stereocenters. The minimum absolute atomic E-state index is 0.0149. The van der Waals surface area contributed by atoms with Gasteiger partial charge in [0.15, 0.2) is 17.4 Å². The molecule has 3 aromatic rings. The van der Waals surface area contributed by atoms with Crippen molar-refractivity contribution in [2.75, 3.05) is 0 Å². The normalized spacial score (nSPS) is 11.5. The Morgan fingerprint density at radius 1 is 1.17 bits per heavy atom. The Balaban J connectivity index is 1.82. The van der Waals surface area contributed by atoms with Crippen molar-refractivity contribution >= 4 is 17.6 Å². The molecule has 0 aliphatic rings. The zero-order valence-corrected chi connectivity index (χ0v) is 17.5. The van der Waals surface area contributed by atoms with Gasteiger partial charge in [0.1, 0.15) is 6.61 Å². The van der Waals surface area contributed by atoms with Crippen LogP contribution in [0.25, 0.3) is 5.69 Å². The zero-order valence-electron chi connectivity index (χ0n) is 16.7. The Morgan fingerprint density at radius 3 is 2.33 bits per heavy atom. The Kier molecular flexibility index (Phi) is 6.12. The smallest absolute Gasteiger partial charge is 0.309 e. The Hall–Kier alpha value is -2.93. The number of aryl methyl sites for hydroxylation is 1. The molecule has 0 radical (unpaired) electrons. The summed E-state index contributed by atoms with van der Waals surface area (Å²) in [5.74, 6) is -3.34. The molecule has 0 aliphatic heterocycles. The number of carboxylic acids is 1. The lowest BCUT2D eigenvalue weighted by molar-refractivity contribution is -0.146. The van der Waals surface area contributed by atoms with Crippen molar-refractivity contribution in [1.29, 1.82) is 0 Å². The Labute approximate surface area is 177 Å². The van der Waals surface area contributed by atoms with Gasteiger partial charge >= 0.3 is 5.97 Å². The van der Waals surface area contributed by atoms with E-state index in [0.29, 0.717) is 10.7 Å². The van der Waals surface area contributed by atoms with Crippen LogP contribution in [0.1, 0.15) is 30.8 Å². The number of rotatable bonds is 7. The second-order valence-electron chi connectivity index (χ2n) is 7.71. The predicted molar refractivity (Wildman–Crippen MR) is 109 cm³/mol.